The number of carbonyl (C=O) groups is 1. The fourth-order valence-corrected chi connectivity index (χ4v) is 7.48. The van der Waals surface area contributed by atoms with E-state index in [0.717, 1.165) is 63.1 Å². The van der Waals surface area contributed by atoms with E-state index in [1.807, 2.05) is 12.1 Å². The maximum Gasteiger partial charge on any atom is 0.252 e. The van der Waals surface area contributed by atoms with Gasteiger partial charge in [-0.05, 0) is 80.8 Å². The lowest BCUT2D eigenvalue weighted by Crippen LogP contribution is -2.59. The number of piperidine rings is 1. The van der Waals surface area contributed by atoms with Crippen molar-refractivity contribution in [2.24, 2.45) is 11.8 Å². The van der Waals surface area contributed by atoms with Gasteiger partial charge in [0.1, 0.15) is 5.82 Å². The number of pyridine rings is 1. The molecule has 3 heterocycles. The summed E-state index contributed by atoms with van der Waals surface area (Å²) in [6, 6.07) is 11.1. The normalized spacial score (nSPS) is 21.9. The van der Waals surface area contributed by atoms with Crippen molar-refractivity contribution in [1.29, 1.82) is 0 Å². The number of rotatable bonds is 9. The van der Waals surface area contributed by atoms with Crippen molar-refractivity contribution in [1.82, 2.24) is 20.1 Å². The number of benzene rings is 1. The molecule has 2 aliphatic heterocycles. The van der Waals surface area contributed by atoms with Crippen LogP contribution in [0.3, 0.4) is 0 Å². The van der Waals surface area contributed by atoms with Crippen LogP contribution in [0.1, 0.15) is 81.1 Å². The predicted molar refractivity (Wildman–Crippen MR) is 170 cm³/mol. The van der Waals surface area contributed by atoms with Crippen LogP contribution in [0, 0.1) is 11.8 Å². The van der Waals surface area contributed by atoms with Gasteiger partial charge in [0, 0.05) is 56.0 Å². The van der Waals surface area contributed by atoms with Crippen LogP contribution in [-0.4, -0.2) is 72.0 Å². The number of hydrogen-bond acceptors (Lipinski definition) is 5. The summed E-state index contributed by atoms with van der Waals surface area (Å²) in [6.45, 7) is 11.5. The summed E-state index contributed by atoms with van der Waals surface area (Å²) < 4.78 is 0. The molecule has 1 atom stereocenters. The monoisotopic (exact) mass is 599 g/mol. The first kappa shape index (κ1) is 30.6. The highest BCUT2D eigenvalue weighted by atomic mass is 35.5. The number of amides is 1. The summed E-state index contributed by atoms with van der Waals surface area (Å²) in [4.78, 5) is 25.2. The van der Waals surface area contributed by atoms with Crippen molar-refractivity contribution in [3.63, 3.8) is 0 Å². The number of halogens is 2. The number of aromatic nitrogens is 1. The third-order valence-electron chi connectivity index (χ3n) is 9.28. The van der Waals surface area contributed by atoms with Gasteiger partial charge >= 0.3 is 0 Å². The number of nitrogens with zero attached hydrogens (tertiary/aromatic N) is 4. The molecule has 1 N–H and O–H groups in total. The fourth-order valence-electron chi connectivity index (χ4n) is 7.07. The first-order valence-electron chi connectivity index (χ1n) is 15.8. The van der Waals surface area contributed by atoms with Crippen molar-refractivity contribution >= 4 is 34.9 Å². The molecule has 3 aliphatic rings. The zero-order valence-corrected chi connectivity index (χ0v) is 26.3. The lowest BCUT2D eigenvalue weighted by molar-refractivity contribution is 0.0545. The number of likely N-dealkylation sites (tertiary alicyclic amines) is 1. The molecule has 0 bridgehead atoms. The Hall–Kier alpha value is -1.86. The molecule has 8 heteroatoms. The van der Waals surface area contributed by atoms with Gasteiger partial charge in [0.05, 0.1) is 10.6 Å². The Morgan fingerprint density at radius 2 is 1.73 bits per heavy atom. The molecule has 6 nitrogen and oxygen atoms in total. The summed E-state index contributed by atoms with van der Waals surface area (Å²) in [7, 11) is 0. The first-order valence-corrected chi connectivity index (χ1v) is 16.5. The maximum absolute atomic E-state index is 12.8. The Morgan fingerprint density at radius 3 is 2.41 bits per heavy atom. The van der Waals surface area contributed by atoms with Crippen molar-refractivity contribution in [3.05, 3.63) is 57.7 Å². The minimum absolute atomic E-state index is 0.0681. The average Bonchev–Trinajstić information content (AvgIpc) is 2.98. The van der Waals surface area contributed by atoms with E-state index in [1.165, 1.54) is 50.5 Å². The van der Waals surface area contributed by atoms with Crippen molar-refractivity contribution in [2.45, 2.75) is 83.8 Å². The molecule has 1 aliphatic carbocycles. The van der Waals surface area contributed by atoms with Crippen LogP contribution in [0.15, 0.2) is 36.5 Å². The Labute approximate surface area is 256 Å². The Bertz CT molecular complexity index is 1130. The Balaban J connectivity index is 1.16. The molecule has 3 fully saturated rings. The van der Waals surface area contributed by atoms with Gasteiger partial charge in [0.15, 0.2) is 0 Å². The summed E-state index contributed by atoms with van der Waals surface area (Å²) >= 11 is 12.8. The number of hydrogen-bond donors (Lipinski definition) is 1. The van der Waals surface area contributed by atoms with Crippen LogP contribution in [0.5, 0.6) is 0 Å². The third kappa shape index (κ3) is 8.37. The van der Waals surface area contributed by atoms with Crippen LogP contribution in [0.25, 0.3) is 0 Å². The van der Waals surface area contributed by atoms with Gasteiger partial charge in [-0.2, -0.15) is 0 Å². The van der Waals surface area contributed by atoms with Gasteiger partial charge in [-0.3, -0.25) is 14.6 Å². The van der Waals surface area contributed by atoms with E-state index in [1.54, 1.807) is 12.3 Å². The van der Waals surface area contributed by atoms with Crippen molar-refractivity contribution in [3.8, 4) is 0 Å². The van der Waals surface area contributed by atoms with E-state index < -0.39 is 0 Å². The molecule has 0 radical (unpaired) electrons. The van der Waals surface area contributed by atoms with Crippen LogP contribution < -0.4 is 10.2 Å². The molecule has 1 aromatic carbocycles. The number of carbonyl (C=O) groups excluding carboxylic acids is 1. The van der Waals surface area contributed by atoms with E-state index in [4.69, 9.17) is 28.2 Å². The minimum atomic E-state index is -0.0681. The van der Waals surface area contributed by atoms with Gasteiger partial charge < -0.3 is 10.2 Å². The van der Waals surface area contributed by atoms with Gasteiger partial charge in [-0.25, -0.2) is 4.98 Å². The molecule has 1 saturated carbocycles. The number of nitrogens with one attached hydrogen (secondary N) is 1. The van der Waals surface area contributed by atoms with Gasteiger partial charge in [-0.1, -0.05) is 68.4 Å². The van der Waals surface area contributed by atoms with Gasteiger partial charge in [0.2, 0.25) is 0 Å². The molecule has 1 amide bonds. The highest BCUT2D eigenvalue weighted by Gasteiger charge is 2.35. The Kier molecular flexibility index (Phi) is 10.9. The SMILES string of the molecule is CC(C)C[C@H]1CN(c2ncc(C(=O)NCC3CCCCC3)cc2Cl)CCN1C1CCN(Cc2ccc(Cl)cc2)CC1. The first-order chi connectivity index (χ1) is 19.9. The van der Waals surface area contributed by atoms with Crippen molar-refractivity contribution in [2.75, 3.05) is 44.2 Å². The van der Waals surface area contributed by atoms with Crippen LogP contribution in [0.4, 0.5) is 5.82 Å². The summed E-state index contributed by atoms with van der Waals surface area (Å²) in [5, 5.41) is 4.49. The molecule has 41 heavy (non-hydrogen) atoms. The molecule has 0 unspecified atom stereocenters. The molecule has 5 rings (SSSR count). The summed E-state index contributed by atoms with van der Waals surface area (Å²) in [5.41, 5.74) is 1.88. The predicted octanol–water partition coefficient (Wildman–Crippen LogP) is 6.90. The van der Waals surface area contributed by atoms with Gasteiger partial charge in [-0.15, -0.1) is 0 Å². The second-order valence-corrected chi connectivity index (χ2v) is 13.7. The largest absolute Gasteiger partial charge is 0.353 e. The number of piperazine rings is 1. The lowest BCUT2D eigenvalue weighted by atomic mass is 9.89. The summed E-state index contributed by atoms with van der Waals surface area (Å²) in [5.74, 6) is 1.95. The van der Waals surface area contributed by atoms with Crippen LogP contribution >= 0.6 is 23.2 Å². The molecule has 1 aromatic heterocycles. The van der Waals surface area contributed by atoms with Crippen molar-refractivity contribution < 1.29 is 4.79 Å². The highest BCUT2D eigenvalue weighted by Crippen LogP contribution is 2.31. The maximum atomic E-state index is 12.8. The summed E-state index contributed by atoms with van der Waals surface area (Å²) in [6.07, 6.45) is 11.6. The van der Waals surface area contributed by atoms with Crippen LogP contribution in [0.2, 0.25) is 10.0 Å². The standard InChI is InChI=1S/C33H47Cl2N5O/c1-24(2)18-30-23-39(32-31(35)19-27(21-36-32)33(41)37-20-25-6-4-3-5-7-25)16-17-40(30)29-12-14-38(15-13-29)22-26-8-10-28(34)11-9-26/h8-11,19,21,24-25,29-30H,3-7,12-18,20,22-23H2,1-2H3,(H,37,41)/t30-/m0/s1. The molecular weight excluding hydrogens is 553 g/mol. The highest BCUT2D eigenvalue weighted by molar-refractivity contribution is 6.33. The zero-order valence-electron chi connectivity index (χ0n) is 24.8. The molecule has 2 aromatic rings. The Morgan fingerprint density at radius 1 is 1.00 bits per heavy atom. The van der Waals surface area contributed by atoms with E-state index in [0.29, 0.717) is 34.5 Å². The zero-order chi connectivity index (χ0) is 28.8. The lowest BCUT2D eigenvalue weighted by Gasteiger charge is -2.48. The van der Waals surface area contributed by atoms with E-state index in [2.05, 4.69) is 46.0 Å². The molecular formula is C33H47Cl2N5O. The molecule has 0 spiro atoms. The smallest absolute Gasteiger partial charge is 0.252 e. The molecule has 2 saturated heterocycles. The second-order valence-electron chi connectivity index (χ2n) is 12.8. The minimum Gasteiger partial charge on any atom is -0.353 e. The molecule has 224 valence electrons. The quantitative estimate of drug-likeness (QED) is 0.340. The van der Waals surface area contributed by atoms with Crippen LogP contribution in [-0.2, 0) is 6.54 Å². The second kappa shape index (κ2) is 14.5. The third-order valence-corrected chi connectivity index (χ3v) is 9.81. The fraction of sp³-hybridized carbons (Fsp3) is 0.636. The number of anilines is 1. The van der Waals surface area contributed by atoms with E-state index >= 15 is 0 Å². The van der Waals surface area contributed by atoms with Gasteiger partial charge in [0.25, 0.3) is 5.91 Å². The van der Waals surface area contributed by atoms with E-state index in [9.17, 15) is 4.79 Å². The average molecular weight is 601 g/mol. The topological polar surface area (TPSA) is 51.7 Å². The van der Waals surface area contributed by atoms with E-state index in [-0.39, 0.29) is 5.91 Å².